The number of rotatable bonds is 4. The minimum Gasteiger partial charge on any atom is -0.495 e. The lowest BCUT2D eigenvalue weighted by molar-refractivity contribution is -0.114. The molecule has 0 spiro atoms. The molecule has 0 unspecified atom stereocenters. The summed E-state index contributed by atoms with van der Waals surface area (Å²) in [6.45, 7) is 0. The van der Waals surface area contributed by atoms with Crippen LogP contribution in [0.25, 0.3) is 6.08 Å². The van der Waals surface area contributed by atoms with Crippen LogP contribution in [0, 0.1) is 0 Å². The number of carbonyl (C=O) groups excluding carboxylic acids is 1. The fourth-order valence-electron chi connectivity index (χ4n) is 3.16. The smallest absolute Gasteiger partial charge is 0.281 e. The highest BCUT2D eigenvalue weighted by atomic mass is 79.9. The molecule has 0 bridgehead atoms. The Balaban J connectivity index is 1.89. The largest absolute Gasteiger partial charge is 0.495 e. The number of benzene rings is 3. The van der Waals surface area contributed by atoms with E-state index in [4.69, 9.17) is 4.74 Å². The maximum absolute atomic E-state index is 13.3. The van der Waals surface area contributed by atoms with E-state index in [0.29, 0.717) is 17.0 Å². The van der Waals surface area contributed by atoms with E-state index in [1.807, 2.05) is 78.9 Å². The molecule has 0 aliphatic carbocycles. The third-order valence-electron chi connectivity index (χ3n) is 4.47. The molecule has 29 heavy (non-hydrogen) atoms. The first-order chi connectivity index (χ1) is 14.1. The molecule has 3 aromatic carbocycles. The van der Waals surface area contributed by atoms with Crippen molar-refractivity contribution in [1.29, 1.82) is 0 Å². The SMILES string of the molecule is COc1c(Br)cc(Br)cc1/C=C1\C(=O)N(c2ccccc2)N=C1c1ccccc1. The molecule has 0 N–H and O–H groups in total. The Kier molecular flexibility index (Phi) is 5.65. The molecular formula is C23H16Br2N2O2. The predicted molar refractivity (Wildman–Crippen MR) is 123 cm³/mol. The van der Waals surface area contributed by atoms with Crippen LogP contribution in [0.5, 0.6) is 5.75 Å². The van der Waals surface area contributed by atoms with Crippen LogP contribution in [-0.2, 0) is 4.79 Å². The standard InChI is InChI=1S/C23H16Br2N2O2/c1-29-22-16(12-17(24)14-20(22)25)13-19-21(15-8-4-2-5-9-15)26-27(23(19)28)18-10-6-3-7-11-18/h2-14H,1H3/b19-13-. The van der Waals surface area contributed by atoms with Crippen LogP contribution in [0.1, 0.15) is 11.1 Å². The number of para-hydroxylation sites is 1. The van der Waals surface area contributed by atoms with Gasteiger partial charge in [0.25, 0.3) is 5.91 Å². The quantitative estimate of drug-likeness (QED) is 0.400. The summed E-state index contributed by atoms with van der Waals surface area (Å²) in [5, 5.41) is 6.09. The molecule has 0 saturated heterocycles. The van der Waals surface area contributed by atoms with Gasteiger partial charge in [0, 0.05) is 15.6 Å². The van der Waals surface area contributed by atoms with Crippen molar-refractivity contribution < 1.29 is 9.53 Å². The first-order valence-electron chi connectivity index (χ1n) is 8.87. The summed E-state index contributed by atoms with van der Waals surface area (Å²) < 4.78 is 7.22. The monoisotopic (exact) mass is 510 g/mol. The van der Waals surface area contributed by atoms with Crippen molar-refractivity contribution in [2.24, 2.45) is 5.10 Å². The van der Waals surface area contributed by atoms with Crippen LogP contribution >= 0.6 is 31.9 Å². The number of nitrogens with zero attached hydrogens (tertiary/aromatic N) is 2. The number of hydrogen-bond donors (Lipinski definition) is 0. The summed E-state index contributed by atoms with van der Waals surface area (Å²) >= 11 is 7.03. The number of anilines is 1. The maximum atomic E-state index is 13.3. The molecule has 1 amide bonds. The van der Waals surface area contributed by atoms with E-state index in [1.165, 1.54) is 5.01 Å². The average Bonchev–Trinajstić information content (AvgIpc) is 3.05. The zero-order valence-corrected chi connectivity index (χ0v) is 18.6. The second-order valence-electron chi connectivity index (χ2n) is 6.34. The third-order valence-corrected chi connectivity index (χ3v) is 5.51. The number of hydrazone groups is 1. The van der Waals surface area contributed by atoms with Crippen molar-refractivity contribution in [3.8, 4) is 5.75 Å². The van der Waals surface area contributed by atoms with Crippen molar-refractivity contribution in [3.05, 3.63) is 98.4 Å². The number of methoxy groups -OCH3 is 1. The summed E-state index contributed by atoms with van der Waals surface area (Å²) in [5.74, 6) is 0.465. The van der Waals surface area contributed by atoms with Crippen LogP contribution in [0.4, 0.5) is 5.69 Å². The van der Waals surface area contributed by atoms with E-state index in [1.54, 1.807) is 7.11 Å². The van der Waals surface area contributed by atoms with Gasteiger partial charge in [0.15, 0.2) is 0 Å². The number of carbonyl (C=O) groups is 1. The highest BCUT2D eigenvalue weighted by molar-refractivity contribution is 9.11. The molecule has 0 aromatic heterocycles. The second-order valence-corrected chi connectivity index (χ2v) is 8.11. The lowest BCUT2D eigenvalue weighted by Crippen LogP contribution is -2.21. The zero-order chi connectivity index (χ0) is 20.4. The van der Waals surface area contributed by atoms with E-state index in [0.717, 1.165) is 25.8 Å². The minimum atomic E-state index is -0.187. The zero-order valence-electron chi connectivity index (χ0n) is 15.5. The van der Waals surface area contributed by atoms with E-state index in [9.17, 15) is 4.79 Å². The van der Waals surface area contributed by atoms with E-state index >= 15 is 0 Å². The lowest BCUT2D eigenvalue weighted by Gasteiger charge is -2.12. The van der Waals surface area contributed by atoms with Gasteiger partial charge >= 0.3 is 0 Å². The van der Waals surface area contributed by atoms with Gasteiger partial charge in [-0.25, -0.2) is 0 Å². The van der Waals surface area contributed by atoms with Gasteiger partial charge in [0.05, 0.1) is 22.8 Å². The van der Waals surface area contributed by atoms with Crippen molar-refractivity contribution in [2.45, 2.75) is 0 Å². The van der Waals surface area contributed by atoms with Crippen molar-refractivity contribution in [3.63, 3.8) is 0 Å². The van der Waals surface area contributed by atoms with Gasteiger partial charge in [-0.05, 0) is 46.3 Å². The summed E-state index contributed by atoms with van der Waals surface area (Å²) in [5.41, 5.74) is 3.49. The molecule has 1 aliphatic rings. The third kappa shape index (κ3) is 3.91. The highest BCUT2D eigenvalue weighted by Crippen LogP contribution is 2.36. The second kappa shape index (κ2) is 8.35. The van der Waals surface area contributed by atoms with Gasteiger partial charge in [0.1, 0.15) is 11.5 Å². The minimum absolute atomic E-state index is 0.187. The van der Waals surface area contributed by atoms with Crippen LogP contribution < -0.4 is 9.75 Å². The van der Waals surface area contributed by atoms with Crippen LogP contribution in [0.3, 0.4) is 0 Å². The van der Waals surface area contributed by atoms with Gasteiger partial charge in [0.2, 0.25) is 0 Å². The van der Waals surface area contributed by atoms with Crippen molar-refractivity contribution >= 4 is 55.2 Å². The van der Waals surface area contributed by atoms with Gasteiger partial charge in [-0.1, -0.05) is 64.5 Å². The van der Waals surface area contributed by atoms with E-state index in [-0.39, 0.29) is 5.91 Å². The van der Waals surface area contributed by atoms with Crippen LogP contribution in [0.2, 0.25) is 0 Å². The molecule has 4 rings (SSSR count). The molecule has 4 nitrogen and oxygen atoms in total. The Morgan fingerprint density at radius 1 is 0.966 bits per heavy atom. The summed E-state index contributed by atoms with van der Waals surface area (Å²) in [4.78, 5) is 13.3. The molecule has 1 heterocycles. The Hall–Kier alpha value is -2.70. The van der Waals surface area contributed by atoms with Crippen molar-refractivity contribution in [1.82, 2.24) is 0 Å². The molecule has 0 saturated carbocycles. The Morgan fingerprint density at radius 2 is 1.62 bits per heavy atom. The average molecular weight is 512 g/mol. The Labute approximate surface area is 185 Å². The van der Waals surface area contributed by atoms with Gasteiger partial charge in [-0.2, -0.15) is 10.1 Å². The number of hydrogen-bond acceptors (Lipinski definition) is 3. The molecule has 144 valence electrons. The van der Waals surface area contributed by atoms with Gasteiger partial charge in [-0.15, -0.1) is 0 Å². The van der Waals surface area contributed by atoms with Crippen molar-refractivity contribution in [2.75, 3.05) is 12.1 Å². The van der Waals surface area contributed by atoms with Gasteiger partial charge < -0.3 is 4.74 Å². The molecule has 0 fully saturated rings. The molecular weight excluding hydrogens is 496 g/mol. The van der Waals surface area contributed by atoms with E-state index < -0.39 is 0 Å². The first-order valence-corrected chi connectivity index (χ1v) is 10.5. The normalized spacial score (nSPS) is 15.0. The van der Waals surface area contributed by atoms with E-state index in [2.05, 4.69) is 37.0 Å². The number of amides is 1. The lowest BCUT2D eigenvalue weighted by atomic mass is 10.00. The topological polar surface area (TPSA) is 41.9 Å². The molecule has 3 aromatic rings. The van der Waals surface area contributed by atoms with Crippen LogP contribution in [0.15, 0.2) is 92.4 Å². The van der Waals surface area contributed by atoms with Gasteiger partial charge in [-0.3, -0.25) is 4.79 Å². The molecule has 1 aliphatic heterocycles. The highest BCUT2D eigenvalue weighted by Gasteiger charge is 2.32. The first kappa shape index (κ1) is 19.6. The summed E-state index contributed by atoms with van der Waals surface area (Å²) in [6, 6.07) is 22.9. The predicted octanol–water partition coefficient (Wildman–Crippen LogP) is 6.05. The number of ether oxygens (including phenoxy) is 1. The Bertz CT molecular complexity index is 1130. The Morgan fingerprint density at radius 3 is 2.28 bits per heavy atom. The summed E-state index contributed by atoms with van der Waals surface area (Å²) in [7, 11) is 1.61. The molecule has 6 heteroatoms. The van der Waals surface area contributed by atoms with Crippen LogP contribution in [-0.4, -0.2) is 18.7 Å². The molecule has 0 atom stereocenters. The summed E-state index contributed by atoms with van der Waals surface area (Å²) in [6.07, 6.45) is 1.82. The number of halogens is 2. The fourth-order valence-corrected chi connectivity index (χ4v) is 4.58. The fraction of sp³-hybridized carbons (Fsp3) is 0.0435. The molecule has 0 radical (unpaired) electrons. The maximum Gasteiger partial charge on any atom is 0.281 e.